The zero-order valence-electron chi connectivity index (χ0n) is 14.7. The molecule has 0 aliphatic carbocycles. The summed E-state index contributed by atoms with van der Waals surface area (Å²) in [6.45, 7) is 6.51. The zero-order chi connectivity index (χ0) is 15.8. The fourth-order valence-corrected chi connectivity index (χ4v) is 3.12. The van der Waals surface area contributed by atoms with Crippen molar-refractivity contribution in [3.63, 3.8) is 0 Å². The van der Waals surface area contributed by atoms with Gasteiger partial charge in [0, 0.05) is 39.8 Å². The van der Waals surface area contributed by atoms with Crippen LogP contribution in [-0.2, 0) is 6.54 Å². The number of nitrogens with one attached hydrogen (secondary N) is 1. The number of halogens is 1. The Morgan fingerprint density at radius 3 is 2.70 bits per heavy atom. The number of aliphatic imine (C=N–C) groups is 1. The van der Waals surface area contributed by atoms with Crippen LogP contribution in [0.2, 0.25) is 0 Å². The number of piperidine rings is 1. The number of likely N-dealkylation sites (tertiary alicyclic amines) is 1. The molecule has 2 rings (SSSR count). The van der Waals surface area contributed by atoms with E-state index in [2.05, 4.69) is 64.4 Å². The average molecular weight is 430 g/mol. The van der Waals surface area contributed by atoms with Gasteiger partial charge in [-0.05, 0) is 31.9 Å². The van der Waals surface area contributed by atoms with Crippen molar-refractivity contribution in [1.82, 2.24) is 15.1 Å². The molecule has 0 radical (unpaired) electrons. The first-order chi connectivity index (χ1) is 10.7. The molecule has 1 aliphatic rings. The highest BCUT2D eigenvalue weighted by molar-refractivity contribution is 14.0. The molecular weight excluding hydrogens is 399 g/mol. The van der Waals surface area contributed by atoms with Gasteiger partial charge in [0.25, 0.3) is 0 Å². The van der Waals surface area contributed by atoms with Gasteiger partial charge in [0.1, 0.15) is 0 Å². The largest absolute Gasteiger partial charge is 0.355 e. The zero-order valence-corrected chi connectivity index (χ0v) is 17.0. The predicted molar refractivity (Wildman–Crippen MR) is 110 cm³/mol. The lowest BCUT2D eigenvalue weighted by molar-refractivity contribution is 0.163. The molecule has 1 N–H and O–H groups in total. The van der Waals surface area contributed by atoms with Crippen molar-refractivity contribution in [2.75, 3.05) is 33.7 Å². The summed E-state index contributed by atoms with van der Waals surface area (Å²) in [5.74, 6) is 0.966. The number of benzene rings is 1. The molecular formula is C18H31IN4. The Kier molecular flexibility index (Phi) is 9.55. The predicted octanol–water partition coefficient (Wildman–Crippen LogP) is 3.19. The minimum Gasteiger partial charge on any atom is -0.355 e. The fraction of sp³-hybridized carbons (Fsp3) is 0.611. The summed E-state index contributed by atoms with van der Waals surface area (Å²) in [4.78, 5) is 9.16. The summed E-state index contributed by atoms with van der Waals surface area (Å²) in [6.07, 6.45) is 4.06. The first-order valence-corrected chi connectivity index (χ1v) is 8.40. The number of rotatable bonds is 5. The Hall–Kier alpha value is -0.820. The molecule has 0 amide bonds. The summed E-state index contributed by atoms with van der Waals surface area (Å²) in [5.41, 5.74) is 1.30. The molecule has 0 bridgehead atoms. The van der Waals surface area contributed by atoms with Crippen LogP contribution in [0.15, 0.2) is 35.3 Å². The Bertz CT molecular complexity index is 463. The van der Waals surface area contributed by atoms with E-state index >= 15 is 0 Å². The van der Waals surface area contributed by atoms with Crippen molar-refractivity contribution < 1.29 is 0 Å². The van der Waals surface area contributed by atoms with E-state index in [-0.39, 0.29) is 24.0 Å². The minimum absolute atomic E-state index is 0. The maximum atomic E-state index is 4.40. The molecule has 23 heavy (non-hydrogen) atoms. The van der Waals surface area contributed by atoms with Crippen molar-refractivity contribution in [2.24, 2.45) is 4.99 Å². The molecule has 1 fully saturated rings. The van der Waals surface area contributed by atoms with E-state index in [0.717, 1.165) is 31.6 Å². The quantitative estimate of drug-likeness (QED) is 0.442. The van der Waals surface area contributed by atoms with E-state index in [1.165, 1.54) is 31.4 Å². The van der Waals surface area contributed by atoms with Gasteiger partial charge in [-0.15, -0.1) is 24.0 Å². The third-order valence-corrected chi connectivity index (χ3v) is 4.46. The van der Waals surface area contributed by atoms with Gasteiger partial charge < -0.3 is 10.2 Å². The average Bonchev–Trinajstić information content (AvgIpc) is 2.54. The molecule has 1 unspecified atom stereocenters. The molecule has 130 valence electrons. The second kappa shape index (κ2) is 10.9. The summed E-state index contributed by atoms with van der Waals surface area (Å²) in [7, 11) is 3.94. The highest BCUT2D eigenvalue weighted by Crippen LogP contribution is 2.15. The van der Waals surface area contributed by atoms with Crippen LogP contribution < -0.4 is 5.32 Å². The molecule has 1 aromatic carbocycles. The first-order valence-electron chi connectivity index (χ1n) is 8.40. The SMILES string of the molecule is CN=C(NCCN1CCCCC1C)N(C)Cc1ccccc1.I. The van der Waals surface area contributed by atoms with Crippen LogP contribution >= 0.6 is 24.0 Å². The van der Waals surface area contributed by atoms with Gasteiger partial charge >= 0.3 is 0 Å². The maximum Gasteiger partial charge on any atom is 0.193 e. The van der Waals surface area contributed by atoms with Crippen molar-refractivity contribution in [3.8, 4) is 0 Å². The number of guanidine groups is 1. The maximum absolute atomic E-state index is 4.40. The van der Waals surface area contributed by atoms with Crippen molar-refractivity contribution in [1.29, 1.82) is 0 Å². The van der Waals surface area contributed by atoms with E-state index in [1.807, 2.05) is 7.05 Å². The van der Waals surface area contributed by atoms with Crippen molar-refractivity contribution >= 4 is 29.9 Å². The first kappa shape index (κ1) is 20.2. The van der Waals surface area contributed by atoms with Gasteiger partial charge in [-0.1, -0.05) is 36.8 Å². The molecule has 0 spiro atoms. The van der Waals surface area contributed by atoms with Gasteiger partial charge in [-0.2, -0.15) is 0 Å². The summed E-state index contributed by atoms with van der Waals surface area (Å²) in [5, 5.41) is 3.49. The van der Waals surface area contributed by atoms with Crippen LogP contribution in [0.5, 0.6) is 0 Å². The third-order valence-electron chi connectivity index (χ3n) is 4.46. The van der Waals surface area contributed by atoms with E-state index in [1.54, 1.807) is 0 Å². The van der Waals surface area contributed by atoms with Crippen LogP contribution in [-0.4, -0.2) is 55.5 Å². The Labute approximate surface area is 158 Å². The molecule has 1 aliphatic heterocycles. The Morgan fingerprint density at radius 1 is 1.30 bits per heavy atom. The molecule has 1 aromatic rings. The summed E-state index contributed by atoms with van der Waals surface area (Å²) < 4.78 is 0. The lowest BCUT2D eigenvalue weighted by Crippen LogP contribution is -2.45. The number of nitrogens with zero attached hydrogens (tertiary/aromatic N) is 3. The van der Waals surface area contributed by atoms with Crippen LogP contribution in [0, 0.1) is 0 Å². The summed E-state index contributed by atoms with van der Waals surface area (Å²) in [6, 6.07) is 11.2. The Morgan fingerprint density at radius 2 is 2.04 bits per heavy atom. The van der Waals surface area contributed by atoms with Gasteiger partial charge in [-0.3, -0.25) is 9.89 Å². The van der Waals surface area contributed by atoms with E-state index < -0.39 is 0 Å². The van der Waals surface area contributed by atoms with Crippen LogP contribution in [0.25, 0.3) is 0 Å². The van der Waals surface area contributed by atoms with Gasteiger partial charge in [0.2, 0.25) is 0 Å². The molecule has 1 heterocycles. The van der Waals surface area contributed by atoms with E-state index in [9.17, 15) is 0 Å². The smallest absolute Gasteiger partial charge is 0.193 e. The lowest BCUT2D eigenvalue weighted by Gasteiger charge is -2.33. The topological polar surface area (TPSA) is 30.9 Å². The minimum atomic E-state index is 0. The van der Waals surface area contributed by atoms with E-state index in [4.69, 9.17) is 0 Å². The summed E-state index contributed by atoms with van der Waals surface area (Å²) >= 11 is 0. The number of hydrogen-bond acceptors (Lipinski definition) is 2. The fourth-order valence-electron chi connectivity index (χ4n) is 3.12. The van der Waals surface area contributed by atoms with Crippen LogP contribution in [0.4, 0.5) is 0 Å². The second-order valence-electron chi connectivity index (χ2n) is 6.20. The third kappa shape index (κ3) is 6.67. The highest BCUT2D eigenvalue weighted by atomic mass is 127. The van der Waals surface area contributed by atoms with Crippen molar-refractivity contribution in [2.45, 2.75) is 38.8 Å². The number of hydrogen-bond donors (Lipinski definition) is 1. The lowest BCUT2D eigenvalue weighted by atomic mass is 10.0. The monoisotopic (exact) mass is 430 g/mol. The van der Waals surface area contributed by atoms with Gasteiger partial charge in [-0.25, -0.2) is 0 Å². The standard InChI is InChI=1S/C18H30N4.HI/c1-16-9-7-8-13-22(16)14-12-20-18(19-2)21(3)15-17-10-5-4-6-11-17;/h4-6,10-11,16H,7-9,12-15H2,1-3H3,(H,19,20);1H. The van der Waals surface area contributed by atoms with Gasteiger partial charge in [0.15, 0.2) is 5.96 Å². The second-order valence-corrected chi connectivity index (χ2v) is 6.20. The van der Waals surface area contributed by atoms with Crippen LogP contribution in [0.3, 0.4) is 0 Å². The normalized spacial score (nSPS) is 19.1. The molecule has 1 atom stereocenters. The molecule has 4 nitrogen and oxygen atoms in total. The van der Waals surface area contributed by atoms with Crippen LogP contribution in [0.1, 0.15) is 31.7 Å². The molecule has 0 saturated carbocycles. The molecule has 1 saturated heterocycles. The van der Waals surface area contributed by atoms with Gasteiger partial charge in [0.05, 0.1) is 0 Å². The Balaban J connectivity index is 0.00000264. The van der Waals surface area contributed by atoms with E-state index in [0.29, 0.717) is 0 Å². The molecule has 5 heteroatoms. The highest BCUT2D eigenvalue weighted by Gasteiger charge is 2.17. The van der Waals surface area contributed by atoms with Crippen molar-refractivity contribution in [3.05, 3.63) is 35.9 Å². The molecule has 0 aromatic heterocycles.